The lowest BCUT2D eigenvalue weighted by molar-refractivity contribution is -0.114. The highest BCUT2D eigenvalue weighted by Gasteiger charge is 2.28. The molecule has 1 aliphatic rings. The summed E-state index contributed by atoms with van der Waals surface area (Å²) in [4.78, 5) is 41.6. The van der Waals surface area contributed by atoms with Gasteiger partial charge in [0.15, 0.2) is 0 Å². The lowest BCUT2D eigenvalue weighted by atomic mass is 9.92. The van der Waals surface area contributed by atoms with Crippen molar-refractivity contribution in [2.45, 2.75) is 39.7 Å². The van der Waals surface area contributed by atoms with Gasteiger partial charge in [-0.2, -0.15) is 0 Å². The van der Waals surface area contributed by atoms with Crippen LogP contribution in [-0.4, -0.2) is 49.3 Å². The molecule has 0 bridgehead atoms. The van der Waals surface area contributed by atoms with E-state index in [9.17, 15) is 14.4 Å². The monoisotopic (exact) mass is 426 g/mol. The number of amides is 1. The molecule has 1 N–H and O–H groups in total. The number of pyridine rings is 1. The van der Waals surface area contributed by atoms with E-state index in [0.29, 0.717) is 34.8 Å². The van der Waals surface area contributed by atoms with E-state index in [1.54, 1.807) is 38.1 Å². The third-order valence-corrected chi connectivity index (χ3v) is 5.05. The maximum absolute atomic E-state index is 13.1. The Morgan fingerprint density at radius 3 is 2.48 bits per heavy atom. The number of aromatic nitrogens is 1. The molecule has 2 heterocycles. The van der Waals surface area contributed by atoms with Gasteiger partial charge in [-0.05, 0) is 44.4 Å². The van der Waals surface area contributed by atoms with Crippen LogP contribution in [0, 0.1) is 13.8 Å². The number of carbonyl (C=O) groups excluding carboxylic acids is 3. The molecule has 8 nitrogen and oxygen atoms in total. The summed E-state index contributed by atoms with van der Waals surface area (Å²) in [6.45, 7) is 5.56. The predicted octanol–water partition coefficient (Wildman–Crippen LogP) is 3.45. The molecule has 1 aliphatic heterocycles. The Bertz CT molecular complexity index is 1010. The van der Waals surface area contributed by atoms with Crippen LogP contribution in [0.25, 0.3) is 11.1 Å². The molecule has 1 saturated heterocycles. The quantitative estimate of drug-likeness (QED) is 0.706. The highest BCUT2D eigenvalue weighted by molar-refractivity contribution is 6.07. The minimum absolute atomic E-state index is 0.130. The van der Waals surface area contributed by atoms with Crippen LogP contribution < -0.4 is 5.32 Å². The molecule has 0 saturated carbocycles. The average molecular weight is 426 g/mol. The first-order valence-electron chi connectivity index (χ1n) is 10.1. The van der Waals surface area contributed by atoms with Crippen LogP contribution in [0.15, 0.2) is 24.3 Å². The topological polar surface area (TPSA) is 104 Å². The van der Waals surface area contributed by atoms with Crippen LogP contribution in [0.3, 0.4) is 0 Å². The molecule has 0 radical (unpaired) electrons. The fourth-order valence-electron chi connectivity index (χ4n) is 3.71. The van der Waals surface area contributed by atoms with Gasteiger partial charge in [-0.3, -0.25) is 9.78 Å². The van der Waals surface area contributed by atoms with Gasteiger partial charge in [0.1, 0.15) is 6.61 Å². The summed E-state index contributed by atoms with van der Waals surface area (Å²) in [6, 6.07) is 6.90. The van der Waals surface area contributed by atoms with Crippen molar-refractivity contribution in [1.82, 2.24) is 4.98 Å². The summed E-state index contributed by atoms with van der Waals surface area (Å²) in [6.07, 6.45) is 1.63. The van der Waals surface area contributed by atoms with Crippen LogP contribution in [-0.2, 0) is 19.0 Å². The molecule has 3 rings (SSSR count). The molecule has 31 heavy (non-hydrogen) atoms. The number of carbonyl (C=O) groups is 3. The Kier molecular flexibility index (Phi) is 7.02. The van der Waals surface area contributed by atoms with E-state index in [1.165, 1.54) is 14.0 Å². The number of anilines is 1. The van der Waals surface area contributed by atoms with Crippen molar-refractivity contribution in [3.8, 4) is 11.1 Å². The molecule has 164 valence electrons. The minimum Gasteiger partial charge on any atom is -0.465 e. The van der Waals surface area contributed by atoms with E-state index >= 15 is 0 Å². The number of ether oxygens (including phenoxy) is 3. The SMILES string of the molecule is COC(=O)c1c(C)nc(C)c(C(=O)OCC2CCCO2)c1-c1cccc(NC(C)=O)c1. The van der Waals surface area contributed by atoms with Gasteiger partial charge in [-0.15, -0.1) is 0 Å². The molecule has 1 aromatic carbocycles. The number of rotatable bonds is 6. The number of hydrogen-bond acceptors (Lipinski definition) is 7. The second-order valence-electron chi connectivity index (χ2n) is 7.39. The maximum Gasteiger partial charge on any atom is 0.340 e. The fourth-order valence-corrected chi connectivity index (χ4v) is 3.71. The van der Waals surface area contributed by atoms with E-state index in [-0.39, 0.29) is 29.7 Å². The summed E-state index contributed by atoms with van der Waals surface area (Å²) in [7, 11) is 1.27. The zero-order valence-electron chi connectivity index (χ0n) is 18.1. The van der Waals surface area contributed by atoms with Gasteiger partial charge in [-0.1, -0.05) is 12.1 Å². The van der Waals surface area contributed by atoms with Crippen molar-refractivity contribution in [1.29, 1.82) is 0 Å². The first kappa shape index (κ1) is 22.4. The van der Waals surface area contributed by atoms with Crippen LogP contribution in [0.5, 0.6) is 0 Å². The molecule has 0 spiro atoms. The fraction of sp³-hybridized carbons (Fsp3) is 0.391. The highest BCUT2D eigenvalue weighted by Crippen LogP contribution is 2.34. The first-order valence-corrected chi connectivity index (χ1v) is 10.1. The maximum atomic E-state index is 13.1. The minimum atomic E-state index is -0.613. The summed E-state index contributed by atoms with van der Waals surface area (Å²) >= 11 is 0. The number of aryl methyl sites for hydroxylation is 2. The smallest absolute Gasteiger partial charge is 0.340 e. The second kappa shape index (κ2) is 9.70. The third kappa shape index (κ3) is 5.08. The molecule has 2 aromatic rings. The normalized spacial score (nSPS) is 15.4. The largest absolute Gasteiger partial charge is 0.465 e. The van der Waals surface area contributed by atoms with Crippen LogP contribution in [0.2, 0.25) is 0 Å². The number of benzene rings is 1. The average Bonchev–Trinajstić information content (AvgIpc) is 3.24. The third-order valence-electron chi connectivity index (χ3n) is 5.05. The van der Waals surface area contributed by atoms with Crippen molar-refractivity contribution in [2.75, 3.05) is 25.6 Å². The van der Waals surface area contributed by atoms with Gasteiger partial charge >= 0.3 is 11.9 Å². The van der Waals surface area contributed by atoms with E-state index in [1.807, 2.05) is 0 Å². The number of hydrogen-bond donors (Lipinski definition) is 1. The number of nitrogens with one attached hydrogen (secondary N) is 1. The highest BCUT2D eigenvalue weighted by atomic mass is 16.6. The number of methoxy groups -OCH3 is 1. The van der Waals surface area contributed by atoms with E-state index in [4.69, 9.17) is 14.2 Å². The molecule has 8 heteroatoms. The zero-order valence-corrected chi connectivity index (χ0v) is 18.1. The van der Waals surface area contributed by atoms with Crippen molar-refractivity contribution >= 4 is 23.5 Å². The summed E-state index contributed by atoms with van der Waals surface area (Å²) in [5.41, 5.74) is 2.68. The predicted molar refractivity (Wildman–Crippen MR) is 114 cm³/mol. The molecular formula is C23H26N2O6. The molecular weight excluding hydrogens is 400 g/mol. The van der Waals surface area contributed by atoms with Crippen molar-refractivity contribution < 1.29 is 28.6 Å². The Labute approximate surface area is 180 Å². The van der Waals surface area contributed by atoms with Gasteiger partial charge in [0.25, 0.3) is 0 Å². The molecule has 0 aliphatic carbocycles. The Balaban J connectivity index is 2.12. The van der Waals surface area contributed by atoms with Crippen LogP contribution in [0.1, 0.15) is 51.9 Å². The van der Waals surface area contributed by atoms with E-state index in [2.05, 4.69) is 10.3 Å². The molecule has 1 atom stereocenters. The summed E-state index contributed by atoms with van der Waals surface area (Å²) in [5, 5.41) is 2.71. The molecule has 1 aromatic heterocycles. The van der Waals surface area contributed by atoms with Gasteiger partial charge in [-0.25, -0.2) is 9.59 Å². The number of nitrogens with zero attached hydrogens (tertiary/aromatic N) is 1. The first-order chi connectivity index (χ1) is 14.8. The van der Waals surface area contributed by atoms with E-state index < -0.39 is 11.9 Å². The zero-order chi connectivity index (χ0) is 22.5. The van der Waals surface area contributed by atoms with Crippen LogP contribution in [0.4, 0.5) is 5.69 Å². The Morgan fingerprint density at radius 2 is 1.87 bits per heavy atom. The summed E-state index contributed by atoms with van der Waals surface area (Å²) < 4.78 is 16.0. The standard InChI is InChI=1S/C23H26N2O6/c1-13-19(22(27)29-4)21(16-7-5-8-17(11-16)25-15(3)26)20(14(2)24-13)23(28)31-12-18-9-6-10-30-18/h5,7-8,11,18H,6,9-10,12H2,1-4H3,(H,25,26). The van der Waals surface area contributed by atoms with Gasteiger partial charge in [0.05, 0.1) is 35.7 Å². The van der Waals surface area contributed by atoms with Crippen LogP contribution >= 0.6 is 0 Å². The van der Waals surface area contributed by atoms with Crippen molar-refractivity contribution in [3.05, 3.63) is 46.8 Å². The lowest BCUT2D eigenvalue weighted by Gasteiger charge is -2.19. The number of esters is 2. The van der Waals surface area contributed by atoms with Gasteiger partial charge in [0, 0.05) is 24.8 Å². The summed E-state index contributed by atoms with van der Waals surface area (Å²) in [5.74, 6) is -1.44. The molecule has 1 unspecified atom stereocenters. The molecule has 1 fully saturated rings. The Hall–Kier alpha value is -3.26. The van der Waals surface area contributed by atoms with Gasteiger partial charge in [0.2, 0.25) is 5.91 Å². The van der Waals surface area contributed by atoms with Gasteiger partial charge < -0.3 is 19.5 Å². The second-order valence-corrected chi connectivity index (χ2v) is 7.39. The lowest BCUT2D eigenvalue weighted by Crippen LogP contribution is -2.21. The van der Waals surface area contributed by atoms with Crippen molar-refractivity contribution in [3.63, 3.8) is 0 Å². The van der Waals surface area contributed by atoms with E-state index in [0.717, 1.165) is 12.8 Å². The molecule has 1 amide bonds. The Morgan fingerprint density at radius 1 is 1.16 bits per heavy atom. The van der Waals surface area contributed by atoms with Crippen molar-refractivity contribution in [2.24, 2.45) is 0 Å².